The van der Waals surface area contributed by atoms with Crippen molar-refractivity contribution in [3.05, 3.63) is 66.0 Å². The van der Waals surface area contributed by atoms with Crippen molar-refractivity contribution < 1.29 is 4.79 Å². The highest BCUT2D eigenvalue weighted by molar-refractivity contribution is 5.75. The summed E-state index contributed by atoms with van der Waals surface area (Å²) in [6.45, 7) is 5.40. The zero-order valence-corrected chi connectivity index (χ0v) is 19.7. The van der Waals surface area contributed by atoms with Crippen LogP contribution in [0.15, 0.2) is 54.9 Å². The van der Waals surface area contributed by atoms with Gasteiger partial charge in [0.25, 0.3) is 0 Å². The van der Waals surface area contributed by atoms with E-state index in [0.717, 1.165) is 42.8 Å². The van der Waals surface area contributed by atoms with Gasteiger partial charge in [-0.3, -0.25) is 19.6 Å². The van der Waals surface area contributed by atoms with E-state index in [1.54, 1.807) is 6.20 Å². The summed E-state index contributed by atoms with van der Waals surface area (Å²) in [5, 5.41) is 3.08. The SMILES string of the molecule is O=C(CCC[C@@H]1[C@H]2CCCN3CCC[C@@H](CN1Cc1ccccc1)[C@@H]23)NCc1cccnc1. The third-order valence-corrected chi connectivity index (χ3v) is 8.12. The number of hydrogen-bond acceptors (Lipinski definition) is 4. The standard InChI is InChI=1S/C28H38N4O/c33-27(30-19-23-10-5-15-29-18-23)14-4-13-26-25-12-7-17-31-16-6-11-24(28(25)31)21-32(26)20-22-8-2-1-3-9-22/h1-3,5,8-10,15,18,24-26,28H,4,6-7,11-14,16-17,19-21H2,(H,30,33)/t24-,25+,26+,28-/m0/s1. The first-order valence-electron chi connectivity index (χ1n) is 13.0. The molecule has 33 heavy (non-hydrogen) atoms. The smallest absolute Gasteiger partial charge is 0.220 e. The molecular weight excluding hydrogens is 408 g/mol. The minimum Gasteiger partial charge on any atom is -0.352 e. The lowest BCUT2D eigenvalue weighted by atomic mass is 9.69. The molecule has 176 valence electrons. The van der Waals surface area contributed by atoms with Crippen molar-refractivity contribution in [2.75, 3.05) is 19.6 Å². The average Bonchev–Trinajstić information content (AvgIpc) is 2.86. The summed E-state index contributed by atoms with van der Waals surface area (Å²) >= 11 is 0. The largest absolute Gasteiger partial charge is 0.352 e. The second-order valence-electron chi connectivity index (χ2n) is 10.2. The van der Waals surface area contributed by atoms with E-state index in [9.17, 15) is 4.79 Å². The Morgan fingerprint density at radius 1 is 1.03 bits per heavy atom. The zero-order chi connectivity index (χ0) is 22.5. The molecule has 1 aromatic heterocycles. The molecule has 1 amide bonds. The molecule has 0 aliphatic carbocycles. The average molecular weight is 447 g/mol. The maximum atomic E-state index is 12.5. The van der Waals surface area contributed by atoms with Gasteiger partial charge in [-0.05, 0) is 80.6 Å². The van der Waals surface area contributed by atoms with Gasteiger partial charge in [0.1, 0.15) is 0 Å². The molecule has 3 saturated heterocycles. The normalized spacial score (nSPS) is 27.6. The van der Waals surface area contributed by atoms with Gasteiger partial charge >= 0.3 is 0 Å². The minimum atomic E-state index is 0.157. The molecule has 5 nitrogen and oxygen atoms in total. The van der Waals surface area contributed by atoms with Crippen LogP contribution in [0, 0.1) is 11.8 Å². The minimum absolute atomic E-state index is 0.157. The summed E-state index contributed by atoms with van der Waals surface area (Å²) in [6.07, 6.45) is 11.7. The van der Waals surface area contributed by atoms with E-state index in [2.05, 4.69) is 50.4 Å². The molecule has 1 aromatic carbocycles. The molecule has 1 N–H and O–H groups in total. The lowest BCUT2D eigenvalue weighted by Crippen LogP contribution is -2.64. The number of aromatic nitrogens is 1. The van der Waals surface area contributed by atoms with Gasteiger partial charge in [-0.15, -0.1) is 0 Å². The first-order chi connectivity index (χ1) is 16.3. The summed E-state index contributed by atoms with van der Waals surface area (Å²) < 4.78 is 0. The highest BCUT2D eigenvalue weighted by Gasteiger charge is 2.48. The molecule has 2 aromatic rings. The first-order valence-corrected chi connectivity index (χ1v) is 13.0. The Balaban J connectivity index is 1.22. The molecule has 0 saturated carbocycles. The van der Waals surface area contributed by atoms with Crippen molar-refractivity contribution in [3.63, 3.8) is 0 Å². The van der Waals surface area contributed by atoms with Crippen LogP contribution in [0.25, 0.3) is 0 Å². The van der Waals surface area contributed by atoms with E-state index in [0.29, 0.717) is 19.0 Å². The van der Waals surface area contributed by atoms with Crippen LogP contribution < -0.4 is 5.32 Å². The second-order valence-corrected chi connectivity index (χ2v) is 10.2. The Morgan fingerprint density at radius 3 is 2.67 bits per heavy atom. The van der Waals surface area contributed by atoms with E-state index >= 15 is 0 Å². The predicted molar refractivity (Wildman–Crippen MR) is 131 cm³/mol. The monoisotopic (exact) mass is 446 g/mol. The quantitative estimate of drug-likeness (QED) is 0.659. The second kappa shape index (κ2) is 10.8. The Morgan fingerprint density at radius 2 is 1.85 bits per heavy atom. The van der Waals surface area contributed by atoms with Crippen LogP contribution in [-0.2, 0) is 17.9 Å². The maximum Gasteiger partial charge on any atom is 0.220 e. The van der Waals surface area contributed by atoms with Gasteiger partial charge in [-0.1, -0.05) is 36.4 Å². The third-order valence-electron chi connectivity index (χ3n) is 8.12. The van der Waals surface area contributed by atoms with E-state index in [1.807, 2.05) is 18.3 Å². The zero-order valence-electron chi connectivity index (χ0n) is 19.7. The number of carbonyl (C=O) groups excluding carboxylic acids is 1. The van der Waals surface area contributed by atoms with Crippen LogP contribution in [0.1, 0.15) is 56.1 Å². The highest BCUT2D eigenvalue weighted by atomic mass is 16.1. The van der Waals surface area contributed by atoms with Crippen LogP contribution in [0.3, 0.4) is 0 Å². The van der Waals surface area contributed by atoms with Crippen molar-refractivity contribution in [3.8, 4) is 0 Å². The third kappa shape index (κ3) is 5.47. The van der Waals surface area contributed by atoms with Gasteiger partial charge < -0.3 is 5.32 Å². The number of carbonyl (C=O) groups is 1. The lowest BCUT2D eigenvalue weighted by Gasteiger charge is -2.57. The number of rotatable bonds is 8. The number of pyridine rings is 1. The van der Waals surface area contributed by atoms with Crippen molar-refractivity contribution in [1.82, 2.24) is 20.1 Å². The van der Waals surface area contributed by atoms with Crippen molar-refractivity contribution >= 4 is 5.91 Å². The fourth-order valence-electron chi connectivity index (χ4n) is 6.74. The molecular formula is C28H38N4O. The van der Waals surface area contributed by atoms with Crippen molar-refractivity contribution in [2.24, 2.45) is 11.8 Å². The molecule has 3 fully saturated rings. The number of benzene rings is 1. The summed E-state index contributed by atoms with van der Waals surface area (Å²) in [7, 11) is 0. The van der Waals surface area contributed by atoms with Crippen LogP contribution in [0.5, 0.6) is 0 Å². The van der Waals surface area contributed by atoms with Gasteiger partial charge in [0.15, 0.2) is 0 Å². The first kappa shape index (κ1) is 22.5. The van der Waals surface area contributed by atoms with E-state index in [4.69, 9.17) is 0 Å². The highest BCUT2D eigenvalue weighted by Crippen LogP contribution is 2.43. The number of amides is 1. The Bertz CT molecular complexity index is 887. The number of nitrogens with one attached hydrogen (secondary N) is 1. The predicted octanol–water partition coefficient (Wildman–Crippen LogP) is 4.24. The topological polar surface area (TPSA) is 48.5 Å². The molecule has 4 atom stereocenters. The summed E-state index contributed by atoms with van der Waals surface area (Å²) in [6, 6.07) is 16.2. The molecule has 0 spiro atoms. The number of piperidine rings is 3. The summed E-state index contributed by atoms with van der Waals surface area (Å²) in [4.78, 5) is 22.2. The van der Waals surface area contributed by atoms with Gasteiger partial charge in [0.05, 0.1) is 0 Å². The fourth-order valence-corrected chi connectivity index (χ4v) is 6.74. The number of likely N-dealkylation sites (tertiary alicyclic amines) is 1. The Hall–Kier alpha value is -2.24. The van der Waals surface area contributed by atoms with Crippen LogP contribution >= 0.6 is 0 Å². The molecule has 4 heterocycles. The van der Waals surface area contributed by atoms with Crippen LogP contribution in [0.2, 0.25) is 0 Å². The van der Waals surface area contributed by atoms with Crippen LogP contribution in [-0.4, -0.2) is 52.4 Å². The molecule has 3 aliphatic rings. The van der Waals surface area contributed by atoms with E-state index in [-0.39, 0.29) is 5.91 Å². The van der Waals surface area contributed by atoms with Gasteiger partial charge in [0, 0.05) is 50.5 Å². The van der Waals surface area contributed by atoms with E-state index in [1.165, 1.54) is 50.9 Å². The van der Waals surface area contributed by atoms with Gasteiger partial charge in [0.2, 0.25) is 5.91 Å². The van der Waals surface area contributed by atoms with Crippen molar-refractivity contribution in [1.29, 1.82) is 0 Å². The summed E-state index contributed by atoms with van der Waals surface area (Å²) in [5.74, 6) is 1.72. The Kier molecular flexibility index (Phi) is 7.37. The van der Waals surface area contributed by atoms with Crippen molar-refractivity contribution in [2.45, 2.75) is 70.1 Å². The molecule has 5 rings (SSSR count). The molecule has 0 radical (unpaired) electrons. The molecule has 0 unspecified atom stereocenters. The number of hydrogen-bond donors (Lipinski definition) is 1. The van der Waals surface area contributed by atoms with Gasteiger partial charge in [-0.2, -0.15) is 0 Å². The number of nitrogens with zero attached hydrogens (tertiary/aromatic N) is 3. The molecule has 3 aliphatic heterocycles. The van der Waals surface area contributed by atoms with Crippen LogP contribution in [0.4, 0.5) is 0 Å². The molecule has 0 bridgehead atoms. The van der Waals surface area contributed by atoms with Gasteiger partial charge in [-0.25, -0.2) is 0 Å². The fraction of sp³-hybridized carbons (Fsp3) is 0.571. The molecule has 5 heteroatoms. The van der Waals surface area contributed by atoms with E-state index < -0.39 is 0 Å². The maximum absolute atomic E-state index is 12.5. The summed E-state index contributed by atoms with van der Waals surface area (Å²) in [5.41, 5.74) is 2.47. The Labute approximate surface area is 198 Å². The lowest BCUT2D eigenvalue weighted by molar-refractivity contribution is -0.121.